The lowest BCUT2D eigenvalue weighted by molar-refractivity contribution is 0.0992. The summed E-state index contributed by atoms with van der Waals surface area (Å²) < 4.78 is 1.31. The van der Waals surface area contributed by atoms with E-state index in [1.54, 1.807) is 36.4 Å². The van der Waals surface area contributed by atoms with Crippen LogP contribution in [-0.4, -0.2) is 53.9 Å². The van der Waals surface area contributed by atoms with Crippen molar-refractivity contribution in [3.8, 4) is 5.95 Å². The second kappa shape index (κ2) is 8.41. The highest BCUT2D eigenvalue weighted by molar-refractivity contribution is 6.58. The number of fused-ring (bicyclic) bond motifs is 1. The zero-order chi connectivity index (χ0) is 22.8. The largest absolute Gasteiger partial charge is 0.488 e. The average Bonchev–Trinajstić information content (AvgIpc) is 3.21. The summed E-state index contributed by atoms with van der Waals surface area (Å²) in [5, 5.41) is 29.7. The van der Waals surface area contributed by atoms with Gasteiger partial charge in [-0.3, -0.25) is 9.59 Å². The fraction of sp³-hybridized carbons (Fsp3) is 0.0526. The molecule has 2 aromatic carbocycles. The van der Waals surface area contributed by atoms with Crippen LogP contribution in [0.4, 0.5) is 5.82 Å². The first kappa shape index (κ1) is 20.9. The topological polar surface area (TPSA) is 195 Å². The number of rotatable bonds is 7. The summed E-state index contributed by atoms with van der Waals surface area (Å²) in [5.41, 5.74) is 12.9. The van der Waals surface area contributed by atoms with Crippen LogP contribution in [0.3, 0.4) is 0 Å². The molecule has 0 unspecified atom stereocenters. The molecule has 160 valence electrons. The van der Waals surface area contributed by atoms with E-state index < -0.39 is 18.9 Å². The molecule has 0 saturated carbocycles. The summed E-state index contributed by atoms with van der Waals surface area (Å²) in [5.74, 6) is -1.16. The number of aromatic nitrogens is 5. The molecule has 2 amide bonds. The van der Waals surface area contributed by atoms with Crippen LogP contribution in [0.1, 0.15) is 26.3 Å². The van der Waals surface area contributed by atoms with Crippen molar-refractivity contribution in [2.24, 2.45) is 11.5 Å². The lowest BCUT2D eigenvalue weighted by atomic mass is 9.80. The van der Waals surface area contributed by atoms with Crippen molar-refractivity contribution in [3.05, 3.63) is 65.4 Å². The minimum atomic E-state index is -1.60. The molecule has 12 nitrogen and oxygen atoms in total. The Morgan fingerprint density at radius 3 is 2.53 bits per heavy atom. The highest BCUT2D eigenvalue weighted by Crippen LogP contribution is 2.20. The number of hydrogen-bond acceptors (Lipinski definition) is 9. The van der Waals surface area contributed by atoms with E-state index >= 15 is 0 Å². The lowest BCUT2D eigenvalue weighted by Gasteiger charge is -2.11. The van der Waals surface area contributed by atoms with E-state index in [9.17, 15) is 19.6 Å². The molecule has 0 aliphatic heterocycles. The fourth-order valence-corrected chi connectivity index (χ4v) is 3.13. The second-order valence-corrected chi connectivity index (χ2v) is 6.81. The second-order valence-electron chi connectivity index (χ2n) is 6.81. The molecular formula is C19H17BN8O4. The van der Waals surface area contributed by atoms with Crippen molar-refractivity contribution in [2.45, 2.75) is 6.54 Å². The zero-order valence-corrected chi connectivity index (χ0v) is 16.5. The van der Waals surface area contributed by atoms with Gasteiger partial charge < -0.3 is 26.8 Å². The summed E-state index contributed by atoms with van der Waals surface area (Å²) in [6, 6.07) is 11.4. The van der Waals surface area contributed by atoms with Gasteiger partial charge in [0.1, 0.15) is 11.3 Å². The Hall–Kier alpha value is -4.36. The Bertz CT molecular complexity index is 1340. The number of primary amides is 2. The van der Waals surface area contributed by atoms with Gasteiger partial charge in [-0.2, -0.15) is 9.67 Å². The smallest absolute Gasteiger partial charge is 0.423 e. The van der Waals surface area contributed by atoms with E-state index in [1.165, 1.54) is 16.9 Å². The van der Waals surface area contributed by atoms with E-state index in [4.69, 9.17) is 11.5 Å². The van der Waals surface area contributed by atoms with Gasteiger partial charge in [0.05, 0.1) is 16.6 Å². The van der Waals surface area contributed by atoms with E-state index in [1.807, 2.05) is 0 Å². The van der Waals surface area contributed by atoms with Gasteiger partial charge in [0.2, 0.25) is 0 Å². The Morgan fingerprint density at radius 1 is 1.06 bits per heavy atom. The number of hydrogen-bond donors (Lipinski definition) is 5. The van der Waals surface area contributed by atoms with Crippen LogP contribution in [0.2, 0.25) is 0 Å². The molecule has 0 atom stereocenters. The molecule has 13 heteroatoms. The van der Waals surface area contributed by atoms with Gasteiger partial charge in [-0.15, -0.1) is 5.10 Å². The molecule has 0 fully saturated rings. The van der Waals surface area contributed by atoms with Gasteiger partial charge in [0.25, 0.3) is 17.8 Å². The summed E-state index contributed by atoms with van der Waals surface area (Å²) in [7, 11) is -1.60. The summed E-state index contributed by atoms with van der Waals surface area (Å²) >= 11 is 0. The van der Waals surface area contributed by atoms with Gasteiger partial charge in [-0.1, -0.05) is 35.5 Å². The third-order valence-electron chi connectivity index (χ3n) is 4.68. The number of nitrogens with zero attached hydrogens (tertiary/aromatic N) is 5. The Kier molecular flexibility index (Phi) is 5.49. The Morgan fingerprint density at radius 2 is 1.81 bits per heavy atom. The highest BCUT2D eigenvalue weighted by Gasteiger charge is 2.18. The predicted octanol–water partition coefficient (Wildman–Crippen LogP) is -1.30. The molecular weight excluding hydrogens is 415 g/mol. The summed E-state index contributed by atoms with van der Waals surface area (Å²) in [4.78, 5) is 32.0. The van der Waals surface area contributed by atoms with E-state index in [2.05, 4.69) is 25.6 Å². The number of nitrogens with one attached hydrogen (secondary N) is 1. The number of benzene rings is 2. The van der Waals surface area contributed by atoms with Crippen molar-refractivity contribution in [3.63, 3.8) is 0 Å². The third kappa shape index (κ3) is 3.97. The minimum absolute atomic E-state index is 0.0503. The summed E-state index contributed by atoms with van der Waals surface area (Å²) in [6.45, 7) is 0.210. The van der Waals surface area contributed by atoms with Crippen molar-refractivity contribution in [2.75, 3.05) is 5.32 Å². The molecule has 0 aliphatic rings. The molecule has 0 spiro atoms. The number of nitrogens with two attached hydrogens (primary N) is 2. The van der Waals surface area contributed by atoms with Gasteiger partial charge in [0, 0.05) is 12.7 Å². The quantitative estimate of drug-likeness (QED) is 0.221. The van der Waals surface area contributed by atoms with Crippen molar-refractivity contribution >= 4 is 41.2 Å². The molecule has 7 N–H and O–H groups in total. The first-order chi connectivity index (χ1) is 15.3. The lowest BCUT2D eigenvalue weighted by Crippen LogP contribution is -2.30. The third-order valence-corrected chi connectivity index (χ3v) is 4.68. The maximum absolute atomic E-state index is 11.9. The monoisotopic (exact) mass is 432 g/mol. The molecule has 2 heterocycles. The van der Waals surface area contributed by atoms with Crippen LogP contribution in [0, 0.1) is 0 Å². The standard InChI is InChI=1S/C19H17BN8O4/c21-16(29)12-5-2-6-14-15(12)26-27-28(14)19-24-9-13(17(22)30)18(25-19)23-8-10-3-1-4-11(7-10)20(31)32/h1-7,9,31-32H,8H2,(H2,21,29)(H2,22,30)(H,23,24,25). The number of amides is 2. The first-order valence-electron chi connectivity index (χ1n) is 9.35. The molecule has 4 rings (SSSR count). The summed E-state index contributed by atoms with van der Waals surface area (Å²) in [6.07, 6.45) is 1.26. The van der Waals surface area contributed by atoms with Gasteiger partial charge >= 0.3 is 7.12 Å². The zero-order valence-electron chi connectivity index (χ0n) is 16.5. The number of anilines is 1. The van der Waals surface area contributed by atoms with Crippen LogP contribution in [0.5, 0.6) is 0 Å². The van der Waals surface area contributed by atoms with Gasteiger partial charge in [0.15, 0.2) is 0 Å². The molecule has 2 aromatic heterocycles. The predicted molar refractivity (Wildman–Crippen MR) is 115 cm³/mol. The van der Waals surface area contributed by atoms with Gasteiger partial charge in [-0.05, 0) is 23.2 Å². The van der Waals surface area contributed by atoms with Crippen molar-refractivity contribution < 1.29 is 19.6 Å². The average molecular weight is 432 g/mol. The first-order valence-corrected chi connectivity index (χ1v) is 9.35. The molecule has 0 radical (unpaired) electrons. The number of carbonyl (C=O) groups excluding carboxylic acids is 2. The molecule has 0 aliphatic carbocycles. The normalized spacial score (nSPS) is 10.8. The van der Waals surface area contributed by atoms with Crippen molar-refractivity contribution in [1.82, 2.24) is 25.0 Å². The fourth-order valence-electron chi connectivity index (χ4n) is 3.13. The Balaban J connectivity index is 1.71. The van der Waals surface area contributed by atoms with Crippen LogP contribution >= 0.6 is 0 Å². The highest BCUT2D eigenvalue weighted by atomic mass is 16.4. The van der Waals surface area contributed by atoms with E-state index in [0.717, 1.165) is 0 Å². The van der Waals surface area contributed by atoms with Crippen molar-refractivity contribution in [1.29, 1.82) is 0 Å². The van der Waals surface area contributed by atoms with E-state index in [-0.39, 0.29) is 35.0 Å². The molecule has 4 aromatic rings. The molecule has 32 heavy (non-hydrogen) atoms. The minimum Gasteiger partial charge on any atom is -0.423 e. The van der Waals surface area contributed by atoms with E-state index in [0.29, 0.717) is 16.5 Å². The Labute approximate surface area is 181 Å². The maximum atomic E-state index is 11.9. The van der Waals surface area contributed by atoms with Crippen LogP contribution in [0.15, 0.2) is 48.7 Å². The maximum Gasteiger partial charge on any atom is 0.488 e. The molecule has 0 saturated heterocycles. The van der Waals surface area contributed by atoms with Crippen LogP contribution in [-0.2, 0) is 6.54 Å². The van der Waals surface area contributed by atoms with Gasteiger partial charge in [-0.25, -0.2) is 4.98 Å². The molecule has 0 bridgehead atoms. The SMILES string of the molecule is NC(=O)c1cnc(-n2nnc3c(C(N)=O)cccc32)nc1NCc1cccc(B(O)O)c1. The number of carbonyl (C=O) groups is 2. The van der Waals surface area contributed by atoms with Crippen LogP contribution < -0.4 is 22.2 Å². The van der Waals surface area contributed by atoms with Crippen LogP contribution in [0.25, 0.3) is 17.0 Å².